The van der Waals surface area contributed by atoms with Gasteiger partial charge in [0.05, 0.1) is 10.6 Å². The van der Waals surface area contributed by atoms with Crippen LogP contribution in [0, 0.1) is 6.92 Å². The van der Waals surface area contributed by atoms with Crippen LogP contribution in [0.2, 0.25) is 5.02 Å². The molecule has 3 aromatic carbocycles. The number of amides is 2. The molecule has 2 amide bonds. The number of rotatable bonds is 10. The topological polar surface area (TPSA) is 86.8 Å². The quantitative estimate of drug-likeness (QED) is 0.423. The summed E-state index contributed by atoms with van der Waals surface area (Å²) in [6, 6.07) is 21.0. The van der Waals surface area contributed by atoms with Crippen LogP contribution in [-0.4, -0.2) is 44.3 Å². The number of para-hydroxylation sites is 1. The molecule has 0 saturated carbocycles. The number of hydrogen-bond donors (Lipinski definition) is 1. The number of benzene rings is 3. The monoisotopic (exact) mass is 527 g/mol. The Bertz CT molecular complexity index is 1280. The first-order chi connectivity index (χ1) is 17.1. The van der Waals surface area contributed by atoms with Gasteiger partial charge >= 0.3 is 0 Å². The van der Waals surface area contributed by atoms with E-state index < -0.39 is 28.5 Å². The molecule has 0 unspecified atom stereocenters. The minimum atomic E-state index is -4.11. The van der Waals surface area contributed by atoms with Crippen LogP contribution in [0.25, 0.3) is 0 Å². The van der Waals surface area contributed by atoms with Gasteiger partial charge in [-0.25, -0.2) is 8.42 Å². The van der Waals surface area contributed by atoms with Crippen LogP contribution in [0.1, 0.15) is 25.0 Å². The molecule has 0 bridgehead atoms. The maximum atomic E-state index is 13.7. The molecule has 0 aliphatic rings. The van der Waals surface area contributed by atoms with Gasteiger partial charge in [-0.15, -0.1) is 0 Å². The number of hydrogen-bond acceptors (Lipinski definition) is 4. The molecule has 1 N–H and O–H groups in total. The Morgan fingerprint density at radius 2 is 1.56 bits per heavy atom. The Morgan fingerprint density at radius 3 is 2.14 bits per heavy atom. The Balaban J connectivity index is 1.99. The fourth-order valence-corrected chi connectivity index (χ4v) is 5.19. The molecule has 0 heterocycles. The molecule has 0 aliphatic heterocycles. The number of nitrogens with one attached hydrogen (secondary N) is 1. The van der Waals surface area contributed by atoms with Crippen molar-refractivity contribution in [1.82, 2.24) is 10.2 Å². The van der Waals surface area contributed by atoms with Crippen molar-refractivity contribution in [2.75, 3.05) is 17.4 Å². The fraction of sp³-hybridized carbons (Fsp3) is 0.259. The lowest BCUT2D eigenvalue weighted by Gasteiger charge is -2.32. The van der Waals surface area contributed by atoms with Gasteiger partial charge in [0.25, 0.3) is 10.0 Å². The molecule has 7 nitrogen and oxygen atoms in total. The van der Waals surface area contributed by atoms with Crippen molar-refractivity contribution in [3.63, 3.8) is 0 Å². The van der Waals surface area contributed by atoms with Crippen LogP contribution in [0.5, 0.6) is 0 Å². The number of anilines is 1. The molecule has 0 saturated heterocycles. The van der Waals surface area contributed by atoms with Gasteiger partial charge in [-0.1, -0.05) is 59.6 Å². The lowest BCUT2D eigenvalue weighted by atomic mass is 10.1. The van der Waals surface area contributed by atoms with Gasteiger partial charge < -0.3 is 10.2 Å². The van der Waals surface area contributed by atoms with Crippen LogP contribution in [-0.2, 0) is 26.2 Å². The molecule has 0 fully saturated rings. The van der Waals surface area contributed by atoms with Gasteiger partial charge in [0.2, 0.25) is 11.8 Å². The lowest BCUT2D eigenvalue weighted by molar-refractivity contribution is -0.139. The summed E-state index contributed by atoms with van der Waals surface area (Å²) < 4.78 is 28.3. The normalized spacial score (nSPS) is 12.0. The zero-order valence-corrected chi connectivity index (χ0v) is 22.1. The average molecular weight is 528 g/mol. The summed E-state index contributed by atoms with van der Waals surface area (Å²) in [6.45, 7) is 5.48. The van der Waals surface area contributed by atoms with E-state index in [-0.39, 0.29) is 17.3 Å². The number of aryl methyl sites for hydroxylation is 1. The highest BCUT2D eigenvalue weighted by Crippen LogP contribution is 2.25. The van der Waals surface area contributed by atoms with Crippen molar-refractivity contribution >= 4 is 39.1 Å². The predicted octanol–water partition coefficient (Wildman–Crippen LogP) is 4.40. The highest BCUT2D eigenvalue weighted by molar-refractivity contribution is 7.92. The Morgan fingerprint density at radius 1 is 0.944 bits per heavy atom. The molecule has 1 atom stereocenters. The van der Waals surface area contributed by atoms with Gasteiger partial charge in [0.1, 0.15) is 12.6 Å². The third-order valence-electron chi connectivity index (χ3n) is 5.72. The second-order valence-corrected chi connectivity index (χ2v) is 10.7. The van der Waals surface area contributed by atoms with Gasteiger partial charge in [-0.3, -0.25) is 13.9 Å². The molecule has 9 heteroatoms. The first kappa shape index (κ1) is 27.2. The molecule has 3 aromatic rings. The van der Waals surface area contributed by atoms with E-state index in [1.165, 1.54) is 29.2 Å². The van der Waals surface area contributed by atoms with E-state index >= 15 is 0 Å². The van der Waals surface area contributed by atoms with Crippen molar-refractivity contribution in [3.8, 4) is 0 Å². The Kier molecular flexibility index (Phi) is 9.12. The Hall–Kier alpha value is -3.36. The van der Waals surface area contributed by atoms with Gasteiger partial charge in [0.15, 0.2) is 0 Å². The van der Waals surface area contributed by atoms with Crippen molar-refractivity contribution in [1.29, 1.82) is 0 Å². The highest BCUT2D eigenvalue weighted by atomic mass is 35.5. The summed E-state index contributed by atoms with van der Waals surface area (Å²) in [6.07, 6.45) is 0. The molecule has 0 spiro atoms. The van der Waals surface area contributed by atoms with Gasteiger partial charge in [-0.2, -0.15) is 0 Å². The second-order valence-electron chi connectivity index (χ2n) is 8.38. The third-order valence-corrected chi connectivity index (χ3v) is 7.76. The number of likely N-dealkylation sites (N-methyl/N-ethyl adjacent to an activating group) is 1. The largest absolute Gasteiger partial charge is 0.355 e. The fourth-order valence-electron chi connectivity index (χ4n) is 3.65. The van der Waals surface area contributed by atoms with Crippen LogP contribution in [0.15, 0.2) is 83.8 Å². The summed E-state index contributed by atoms with van der Waals surface area (Å²) in [7, 11) is -4.11. The number of halogens is 1. The summed E-state index contributed by atoms with van der Waals surface area (Å²) in [5, 5.41) is 3.14. The summed E-state index contributed by atoms with van der Waals surface area (Å²) >= 11 is 5.95. The second kappa shape index (κ2) is 12.1. The molecule has 0 radical (unpaired) electrons. The zero-order chi connectivity index (χ0) is 26.3. The minimum absolute atomic E-state index is 0.00501. The molecular formula is C27H30ClN3O4S. The van der Waals surface area contributed by atoms with E-state index in [9.17, 15) is 18.0 Å². The van der Waals surface area contributed by atoms with Gasteiger partial charge in [-0.05, 0) is 62.7 Å². The SMILES string of the molecule is CCNC(=O)[C@@H](C)N(Cc1ccc(C)cc1)C(=O)CN(c1ccccc1)S(=O)(=O)c1ccc(Cl)cc1. The molecule has 190 valence electrons. The summed E-state index contributed by atoms with van der Waals surface area (Å²) in [4.78, 5) is 27.8. The first-order valence-corrected chi connectivity index (χ1v) is 13.4. The van der Waals surface area contributed by atoms with E-state index in [4.69, 9.17) is 11.6 Å². The molecule has 0 aromatic heterocycles. The third kappa shape index (κ3) is 6.65. The molecule has 36 heavy (non-hydrogen) atoms. The molecule has 3 rings (SSSR count). The highest BCUT2D eigenvalue weighted by Gasteiger charge is 2.32. The smallest absolute Gasteiger partial charge is 0.264 e. The predicted molar refractivity (Wildman–Crippen MR) is 142 cm³/mol. The summed E-state index contributed by atoms with van der Waals surface area (Å²) in [5.41, 5.74) is 2.23. The standard InChI is InChI=1S/C27H30ClN3O4S/c1-4-29-27(33)21(3)30(18-22-12-10-20(2)11-13-22)26(32)19-31(24-8-6-5-7-9-24)36(34,35)25-16-14-23(28)15-17-25/h5-17,21H,4,18-19H2,1-3H3,(H,29,33)/t21-/m1/s1. The number of sulfonamides is 1. The molecular weight excluding hydrogens is 498 g/mol. The van der Waals surface area contributed by atoms with Crippen molar-refractivity contribution in [3.05, 3.63) is 95.0 Å². The van der Waals surface area contributed by atoms with Crippen LogP contribution >= 0.6 is 11.6 Å². The maximum Gasteiger partial charge on any atom is 0.264 e. The lowest BCUT2D eigenvalue weighted by Crippen LogP contribution is -2.51. The van der Waals surface area contributed by atoms with E-state index in [1.807, 2.05) is 31.2 Å². The van der Waals surface area contributed by atoms with Gasteiger partial charge in [0, 0.05) is 18.1 Å². The van der Waals surface area contributed by atoms with Crippen LogP contribution in [0.3, 0.4) is 0 Å². The average Bonchev–Trinajstić information content (AvgIpc) is 2.87. The number of carbonyl (C=O) groups is 2. The van der Waals surface area contributed by atoms with E-state index in [2.05, 4.69) is 5.32 Å². The van der Waals surface area contributed by atoms with Crippen molar-refractivity contribution < 1.29 is 18.0 Å². The molecule has 0 aliphatic carbocycles. The van der Waals surface area contributed by atoms with Crippen molar-refractivity contribution in [2.45, 2.75) is 38.3 Å². The van der Waals surface area contributed by atoms with E-state index in [0.717, 1.165) is 15.4 Å². The minimum Gasteiger partial charge on any atom is -0.355 e. The van der Waals surface area contributed by atoms with E-state index in [0.29, 0.717) is 17.3 Å². The number of nitrogens with zero attached hydrogens (tertiary/aromatic N) is 2. The number of carbonyl (C=O) groups excluding carboxylic acids is 2. The van der Waals surface area contributed by atoms with E-state index in [1.54, 1.807) is 44.2 Å². The summed E-state index contributed by atoms with van der Waals surface area (Å²) in [5.74, 6) is -0.819. The van der Waals surface area contributed by atoms with Crippen LogP contribution in [0.4, 0.5) is 5.69 Å². The van der Waals surface area contributed by atoms with Crippen molar-refractivity contribution in [2.24, 2.45) is 0 Å². The maximum absolute atomic E-state index is 13.7. The van der Waals surface area contributed by atoms with Crippen LogP contribution < -0.4 is 9.62 Å². The first-order valence-electron chi connectivity index (χ1n) is 11.6. The zero-order valence-electron chi connectivity index (χ0n) is 20.5. The Labute approximate surface area is 217 Å².